The molecule has 0 radical (unpaired) electrons. The Bertz CT molecular complexity index is 3410. The van der Waals surface area contributed by atoms with Crippen LogP contribution in [-0.4, -0.2) is 9.97 Å². The number of furan rings is 1. The molecule has 2 aromatic heterocycles. The zero-order valence-corrected chi connectivity index (χ0v) is 33.7. The summed E-state index contributed by atoms with van der Waals surface area (Å²) in [5.74, 6) is 0.675. The average Bonchev–Trinajstić information content (AvgIpc) is 3.89. The molecule has 290 valence electrons. The van der Waals surface area contributed by atoms with Gasteiger partial charge in [0.1, 0.15) is 11.2 Å². The van der Waals surface area contributed by atoms with Crippen molar-refractivity contribution in [2.75, 3.05) is 0 Å². The maximum atomic E-state index is 6.53. The van der Waals surface area contributed by atoms with Crippen LogP contribution in [0.15, 0.2) is 235 Å². The Morgan fingerprint density at radius 1 is 0.323 bits per heavy atom. The number of rotatable bonds is 7. The lowest BCUT2D eigenvalue weighted by molar-refractivity contribution is 0.670. The van der Waals surface area contributed by atoms with Gasteiger partial charge < -0.3 is 4.42 Å². The van der Waals surface area contributed by atoms with Crippen molar-refractivity contribution in [3.8, 4) is 67.3 Å². The third-order valence-electron chi connectivity index (χ3n) is 12.6. The van der Waals surface area contributed by atoms with Gasteiger partial charge in [0.05, 0.1) is 16.8 Å². The zero-order chi connectivity index (χ0) is 41.0. The summed E-state index contributed by atoms with van der Waals surface area (Å²) < 4.78 is 6.53. The van der Waals surface area contributed by atoms with Gasteiger partial charge in [0.15, 0.2) is 5.82 Å². The largest absolute Gasteiger partial charge is 0.455 e. The summed E-state index contributed by atoms with van der Waals surface area (Å²) >= 11 is 0. The van der Waals surface area contributed by atoms with E-state index in [0.717, 1.165) is 72.3 Å². The molecule has 0 unspecified atom stereocenters. The van der Waals surface area contributed by atoms with Crippen LogP contribution < -0.4 is 0 Å². The van der Waals surface area contributed by atoms with E-state index >= 15 is 0 Å². The average molecular weight is 791 g/mol. The lowest BCUT2D eigenvalue weighted by atomic mass is 9.67. The first kappa shape index (κ1) is 35.8. The quantitative estimate of drug-likeness (QED) is 0.161. The minimum absolute atomic E-state index is 0.526. The fourth-order valence-corrected chi connectivity index (χ4v) is 9.82. The summed E-state index contributed by atoms with van der Waals surface area (Å²) in [6, 6.07) is 82.2. The van der Waals surface area contributed by atoms with Crippen molar-refractivity contribution in [2.24, 2.45) is 0 Å². The number of benzene rings is 9. The first-order chi connectivity index (χ1) is 30.7. The lowest BCUT2D eigenvalue weighted by Gasteiger charge is -2.34. The number of hydrogen-bond donors (Lipinski definition) is 0. The molecule has 0 saturated heterocycles. The van der Waals surface area contributed by atoms with Crippen molar-refractivity contribution in [1.29, 1.82) is 0 Å². The molecule has 1 aliphatic carbocycles. The Hall–Kier alpha value is -8.14. The predicted octanol–water partition coefficient (Wildman–Crippen LogP) is 15.1. The van der Waals surface area contributed by atoms with E-state index in [-0.39, 0.29) is 0 Å². The van der Waals surface area contributed by atoms with Crippen LogP contribution in [0.3, 0.4) is 0 Å². The second kappa shape index (κ2) is 14.5. The fraction of sp³-hybridized carbons (Fsp3) is 0.0169. The fourth-order valence-electron chi connectivity index (χ4n) is 9.82. The van der Waals surface area contributed by atoms with Gasteiger partial charge in [-0.2, -0.15) is 0 Å². The summed E-state index contributed by atoms with van der Waals surface area (Å²) in [5.41, 5.74) is 17.7. The number of para-hydroxylation sites is 2. The first-order valence-corrected chi connectivity index (χ1v) is 21.1. The number of hydrogen-bond acceptors (Lipinski definition) is 3. The summed E-state index contributed by atoms with van der Waals surface area (Å²) in [4.78, 5) is 10.7. The van der Waals surface area contributed by atoms with Gasteiger partial charge in [-0.1, -0.05) is 206 Å². The number of aromatic nitrogens is 2. The number of fused-ring (bicyclic) bond motifs is 6. The normalized spacial score (nSPS) is 12.6. The monoisotopic (exact) mass is 790 g/mol. The van der Waals surface area contributed by atoms with Crippen LogP contribution in [0.2, 0.25) is 0 Å². The summed E-state index contributed by atoms with van der Waals surface area (Å²) in [6.07, 6.45) is 0. The van der Waals surface area contributed by atoms with Crippen molar-refractivity contribution in [2.45, 2.75) is 5.41 Å². The maximum Gasteiger partial charge on any atom is 0.160 e. The topological polar surface area (TPSA) is 38.9 Å². The van der Waals surface area contributed by atoms with Crippen LogP contribution in [0, 0.1) is 0 Å². The Morgan fingerprint density at radius 3 is 1.65 bits per heavy atom. The highest BCUT2D eigenvalue weighted by molar-refractivity contribution is 6.10. The third kappa shape index (κ3) is 5.67. The molecule has 11 aromatic rings. The van der Waals surface area contributed by atoms with Crippen molar-refractivity contribution < 1.29 is 4.42 Å². The molecule has 0 atom stereocenters. The highest BCUT2D eigenvalue weighted by Crippen LogP contribution is 2.56. The van der Waals surface area contributed by atoms with Gasteiger partial charge >= 0.3 is 0 Å². The minimum Gasteiger partial charge on any atom is -0.455 e. The first-order valence-electron chi connectivity index (χ1n) is 21.1. The third-order valence-corrected chi connectivity index (χ3v) is 12.6. The SMILES string of the molecule is c1ccc(-c2nc(-c3ccc4c(c3)C(c3ccccc3)(c3ccccc3)c3ccccc3-4)cc(-c3ccc(-c4cccc5c4oc4ccccc45)cc3-c3ccccc3)n2)cc1. The van der Waals surface area contributed by atoms with Crippen LogP contribution >= 0.6 is 0 Å². The van der Waals surface area contributed by atoms with E-state index in [1.54, 1.807) is 0 Å². The van der Waals surface area contributed by atoms with Crippen LogP contribution in [0.5, 0.6) is 0 Å². The van der Waals surface area contributed by atoms with Crippen molar-refractivity contribution in [3.63, 3.8) is 0 Å². The smallest absolute Gasteiger partial charge is 0.160 e. The van der Waals surface area contributed by atoms with Gasteiger partial charge in [-0.05, 0) is 74.3 Å². The molecule has 2 heterocycles. The van der Waals surface area contributed by atoms with Crippen LogP contribution in [-0.2, 0) is 5.41 Å². The van der Waals surface area contributed by atoms with Gasteiger partial charge in [-0.3, -0.25) is 0 Å². The van der Waals surface area contributed by atoms with Gasteiger partial charge in [0, 0.05) is 33.0 Å². The second-order valence-corrected chi connectivity index (χ2v) is 16.0. The molecule has 0 spiro atoms. The van der Waals surface area contributed by atoms with Gasteiger partial charge in [-0.25, -0.2) is 9.97 Å². The van der Waals surface area contributed by atoms with E-state index in [1.807, 2.05) is 18.2 Å². The molecule has 0 saturated carbocycles. The van der Waals surface area contributed by atoms with Crippen LogP contribution in [0.25, 0.3) is 89.2 Å². The van der Waals surface area contributed by atoms with Gasteiger partial charge in [0.25, 0.3) is 0 Å². The highest BCUT2D eigenvalue weighted by atomic mass is 16.3. The van der Waals surface area contributed by atoms with Crippen molar-refractivity contribution in [3.05, 3.63) is 253 Å². The highest BCUT2D eigenvalue weighted by Gasteiger charge is 2.46. The predicted molar refractivity (Wildman–Crippen MR) is 254 cm³/mol. The van der Waals surface area contributed by atoms with E-state index in [4.69, 9.17) is 14.4 Å². The van der Waals surface area contributed by atoms with Crippen LogP contribution in [0.1, 0.15) is 22.3 Å². The van der Waals surface area contributed by atoms with Crippen molar-refractivity contribution >= 4 is 21.9 Å². The Morgan fingerprint density at radius 2 is 0.887 bits per heavy atom. The zero-order valence-electron chi connectivity index (χ0n) is 33.7. The second-order valence-electron chi connectivity index (χ2n) is 16.0. The molecule has 0 fully saturated rings. The molecule has 0 aliphatic heterocycles. The molecular weight excluding hydrogens is 753 g/mol. The Kier molecular flexibility index (Phi) is 8.39. The molecule has 0 amide bonds. The molecule has 0 bridgehead atoms. The molecular formula is C59H38N2O. The summed E-state index contributed by atoms with van der Waals surface area (Å²) in [6.45, 7) is 0. The Labute approximate surface area is 360 Å². The van der Waals surface area contributed by atoms with E-state index < -0.39 is 5.41 Å². The minimum atomic E-state index is -0.526. The summed E-state index contributed by atoms with van der Waals surface area (Å²) in [5, 5.41) is 2.23. The maximum absolute atomic E-state index is 6.53. The Balaban J connectivity index is 1.08. The molecule has 62 heavy (non-hydrogen) atoms. The molecule has 0 N–H and O–H groups in total. The number of nitrogens with zero attached hydrogens (tertiary/aromatic N) is 2. The van der Waals surface area contributed by atoms with Gasteiger partial charge in [0.2, 0.25) is 0 Å². The van der Waals surface area contributed by atoms with E-state index in [2.05, 4.69) is 212 Å². The van der Waals surface area contributed by atoms with Gasteiger partial charge in [-0.15, -0.1) is 0 Å². The summed E-state index contributed by atoms with van der Waals surface area (Å²) in [7, 11) is 0. The molecule has 1 aliphatic rings. The lowest BCUT2D eigenvalue weighted by Crippen LogP contribution is -2.28. The van der Waals surface area contributed by atoms with E-state index in [9.17, 15) is 0 Å². The van der Waals surface area contributed by atoms with Crippen molar-refractivity contribution in [1.82, 2.24) is 9.97 Å². The molecule has 12 rings (SSSR count). The standard InChI is InChI=1S/C59H38N2O/c1-5-18-39(19-6-1)51-36-41(45-28-17-29-50-49-27-14-16-31-56(49)62-57(45)50)32-35-48(51)55-38-54(60-58(61-55)40-20-7-2-8-21-40)42-33-34-47-46-26-13-15-30-52(46)59(53(47)37-42,43-22-9-3-10-23-43)44-24-11-4-12-25-44/h1-38H. The molecule has 3 nitrogen and oxygen atoms in total. The molecule has 3 heteroatoms. The van der Waals surface area contributed by atoms with Crippen LogP contribution in [0.4, 0.5) is 0 Å². The molecule has 9 aromatic carbocycles. The van der Waals surface area contributed by atoms with E-state index in [1.165, 1.54) is 33.4 Å². The van der Waals surface area contributed by atoms with E-state index in [0.29, 0.717) is 5.82 Å².